The summed E-state index contributed by atoms with van der Waals surface area (Å²) in [5.41, 5.74) is 6.47. The van der Waals surface area contributed by atoms with Gasteiger partial charge in [-0.3, -0.25) is 18.9 Å². The first-order valence-corrected chi connectivity index (χ1v) is 21.3. The van der Waals surface area contributed by atoms with Gasteiger partial charge in [-0.2, -0.15) is 0 Å². The van der Waals surface area contributed by atoms with Crippen LogP contribution in [-0.2, 0) is 18.9 Å². The molecule has 11 N–H and O–H groups in total. The maximum absolute atomic E-state index is 13.0. The molecule has 0 aliphatic carbocycles. The van der Waals surface area contributed by atoms with Gasteiger partial charge >= 0.3 is 7.60 Å². The molecule has 1 aliphatic rings. The van der Waals surface area contributed by atoms with Crippen LogP contribution in [0.4, 0.5) is 5.69 Å². The summed E-state index contributed by atoms with van der Waals surface area (Å²) in [5, 5.41) is 54.9. The fourth-order valence-electron chi connectivity index (χ4n) is 6.42. The number of methoxy groups -OCH3 is 2. The van der Waals surface area contributed by atoms with E-state index in [0.29, 0.717) is 55.8 Å². The number of hydrogen-bond donors (Lipinski definition) is 10. The first-order chi connectivity index (χ1) is 26.5. The van der Waals surface area contributed by atoms with Gasteiger partial charge in [0.2, 0.25) is 11.8 Å². The van der Waals surface area contributed by atoms with Crippen LogP contribution in [0.25, 0.3) is 0 Å². The Morgan fingerprint density at radius 3 is 2.29 bits per heavy atom. The van der Waals surface area contributed by atoms with Crippen molar-refractivity contribution in [2.24, 2.45) is 0 Å². The Morgan fingerprint density at radius 1 is 0.982 bits per heavy atom. The lowest BCUT2D eigenvalue weighted by Gasteiger charge is -2.38. The van der Waals surface area contributed by atoms with Crippen molar-refractivity contribution in [1.82, 2.24) is 20.4 Å². The predicted octanol–water partition coefficient (Wildman–Crippen LogP) is 0.209. The van der Waals surface area contributed by atoms with E-state index in [4.69, 9.17) is 31.9 Å². The third-order valence-electron chi connectivity index (χ3n) is 9.84. The van der Waals surface area contributed by atoms with E-state index in [9.17, 15) is 49.2 Å². The summed E-state index contributed by atoms with van der Waals surface area (Å²) >= 11 is 6.14. The summed E-state index contributed by atoms with van der Waals surface area (Å²) < 4.78 is 22.4. The lowest BCUT2D eigenvalue weighted by molar-refractivity contribution is -0.139. The van der Waals surface area contributed by atoms with E-state index >= 15 is 0 Å². The number of anilines is 1. The zero-order valence-corrected chi connectivity index (χ0v) is 34.1. The zero-order chi connectivity index (χ0) is 41.8. The lowest BCUT2D eigenvalue weighted by atomic mass is 10.00. The number of nitrogen functional groups attached to an aromatic ring is 1. The van der Waals surface area contributed by atoms with Crippen LogP contribution >= 0.6 is 19.2 Å². The molecular weight excluding hydrogens is 777 g/mol. The van der Waals surface area contributed by atoms with Gasteiger partial charge in [-0.15, -0.1) is 0 Å². The lowest BCUT2D eigenvalue weighted by Crippen LogP contribution is -2.54. The number of hydrogen-bond acceptors (Lipinski definition) is 13. The zero-order valence-electron chi connectivity index (χ0n) is 32.4. The van der Waals surface area contributed by atoms with Crippen molar-refractivity contribution in [3.05, 3.63) is 22.7 Å². The van der Waals surface area contributed by atoms with Crippen molar-refractivity contribution in [3.63, 3.8) is 0 Å². The number of nitrogens with two attached hydrogens (primary N) is 1. The molecule has 3 amide bonds. The van der Waals surface area contributed by atoms with Gasteiger partial charge in [0.15, 0.2) is 0 Å². The van der Waals surface area contributed by atoms with Crippen LogP contribution in [0.5, 0.6) is 5.75 Å². The molecule has 1 aromatic rings. The molecular formula is C36H63ClN5O13P. The molecule has 0 radical (unpaired) electrons. The number of carbonyl (C=O) groups is 3. The number of benzene rings is 1. The molecule has 1 aliphatic heterocycles. The van der Waals surface area contributed by atoms with Crippen LogP contribution in [0, 0.1) is 0 Å². The second-order valence-corrected chi connectivity index (χ2v) is 16.4. The highest BCUT2D eigenvalue weighted by Crippen LogP contribution is 2.34. The van der Waals surface area contributed by atoms with Crippen molar-refractivity contribution >= 4 is 42.6 Å². The quantitative estimate of drug-likeness (QED) is 0.0322. The third-order valence-corrected chi connectivity index (χ3v) is 11.0. The molecule has 0 spiro atoms. The number of nitrogens with one attached hydrogen (secondary N) is 2. The van der Waals surface area contributed by atoms with E-state index in [1.165, 1.54) is 19.2 Å². The van der Waals surface area contributed by atoms with Crippen molar-refractivity contribution in [2.45, 2.75) is 107 Å². The molecule has 1 heterocycles. The number of aliphatic hydroxyl groups excluding tert-OH is 5. The highest BCUT2D eigenvalue weighted by atomic mass is 35.5. The van der Waals surface area contributed by atoms with Gasteiger partial charge < -0.3 is 71.0 Å². The standard InChI is InChI=1S/C36H63ClN5O13P/c1-54-30-20-26(38)25(37)19-24(30)36(50)40-27-13-16-41(22-31(27)55-2)15-10-6-7-11-32(46)39-14-9-5-3-4-8-12-33(47)42(17-18-56(51,52)53)21-28(44)34(48)35(49)29(45)23-43/h19-20,27-29,31,34-35,43-45,48-49H,3-18,21-23,38H2,1-2H3,(H,39,46)(H,40,50)(H2,51,52,53)/t27-,28+,29-,31+,34-,35-/m1/s1. The molecule has 0 aromatic heterocycles. The smallest absolute Gasteiger partial charge is 0.327 e. The van der Waals surface area contributed by atoms with Crippen molar-refractivity contribution in [3.8, 4) is 5.75 Å². The van der Waals surface area contributed by atoms with E-state index < -0.39 is 57.2 Å². The van der Waals surface area contributed by atoms with E-state index in [-0.39, 0.29) is 41.9 Å². The molecule has 0 bridgehead atoms. The van der Waals surface area contributed by atoms with Crippen LogP contribution in [0.1, 0.15) is 81.0 Å². The number of nitrogens with zero attached hydrogens (tertiary/aromatic N) is 2. The third kappa shape index (κ3) is 17.9. The fourth-order valence-corrected chi connectivity index (χ4v) is 7.08. The van der Waals surface area contributed by atoms with Crippen LogP contribution in [0.15, 0.2) is 12.1 Å². The van der Waals surface area contributed by atoms with Crippen LogP contribution in [0.2, 0.25) is 5.02 Å². The Bertz CT molecular complexity index is 1410. The van der Waals surface area contributed by atoms with Gasteiger partial charge in [0, 0.05) is 58.7 Å². The Kier molecular flexibility index (Phi) is 22.7. The number of unbranched alkanes of at least 4 members (excludes halogenated alkanes) is 6. The molecule has 6 atom stereocenters. The molecule has 56 heavy (non-hydrogen) atoms. The SMILES string of the molecule is COc1cc(N)c(Cl)cc1C(=O)N[C@@H]1CCN(CCCCCC(=O)NCCCCCCCC(=O)N(CCP(=O)(O)O)C[C@H](O)[C@@H](O)[C@H](O)[C@H](O)CO)C[C@@H]1OC. The minimum atomic E-state index is -4.47. The Balaban J connectivity index is 1.59. The number of halogens is 1. The Hall–Kier alpha value is -2.61. The van der Waals surface area contributed by atoms with Crippen LogP contribution in [0.3, 0.4) is 0 Å². The molecule has 0 saturated carbocycles. The van der Waals surface area contributed by atoms with Gasteiger partial charge in [0.05, 0.1) is 48.3 Å². The minimum Gasteiger partial charge on any atom is -0.496 e. The van der Waals surface area contributed by atoms with E-state index in [1.54, 1.807) is 7.11 Å². The molecule has 18 nitrogen and oxygen atoms in total. The monoisotopic (exact) mass is 839 g/mol. The molecule has 1 fully saturated rings. The average Bonchev–Trinajstić information content (AvgIpc) is 3.16. The van der Waals surface area contributed by atoms with E-state index in [0.717, 1.165) is 56.5 Å². The number of ether oxygens (including phenoxy) is 2. The molecule has 20 heteroatoms. The summed E-state index contributed by atoms with van der Waals surface area (Å²) in [7, 11) is -1.38. The molecule has 1 aromatic carbocycles. The highest BCUT2D eigenvalue weighted by Gasteiger charge is 2.33. The molecule has 1 saturated heterocycles. The van der Waals surface area contributed by atoms with Gasteiger partial charge in [0.25, 0.3) is 5.91 Å². The number of likely N-dealkylation sites (tertiary alicyclic amines) is 1. The maximum Gasteiger partial charge on any atom is 0.327 e. The normalized spacial score (nSPS) is 18.5. The second kappa shape index (κ2) is 25.7. The Labute approximate surface area is 333 Å². The summed E-state index contributed by atoms with van der Waals surface area (Å²) in [6, 6.07) is 2.84. The van der Waals surface area contributed by atoms with Crippen molar-refractivity contribution < 1.29 is 63.7 Å². The minimum absolute atomic E-state index is 0.00767. The summed E-state index contributed by atoms with van der Waals surface area (Å²) in [5.74, 6) is -0.477. The maximum atomic E-state index is 13.0. The first kappa shape index (κ1) is 49.5. The summed E-state index contributed by atoms with van der Waals surface area (Å²) in [6.45, 7) is 1.05. The van der Waals surface area contributed by atoms with Crippen molar-refractivity contribution in [1.29, 1.82) is 0 Å². The predicted molar refractivity (Wildman–Crippen MR) is 209 cm³/mol. The number of amides is 3. The molecule has 0 unspecified atom stereocenters. The molecule has 322 valence electrons. The number of piperidine rings is 1. The molecule has 2 rings (SSSR count). The van der Waals surface area contributed by atoms with E-state index in [1.807, 2.05) is 0 Å². The Morgan fingerprint density at radius 2 is 1.62 bits per heavy atom. The van der Waals surface area contributed by atoms with Gasteiger partial charge in [-0.1, -0.05) is 37.3 Å². The van der Waals surface area contributed by atoms with Gasteiger partial charge in [0.1, 0.15) is 30.2 Å². The van der Waals surface area contributed by atoms with Crippen LogP contribution < -0.4 is 21.1 Å². The number of rotatable bonds is 27. The van der Waals surface area contributed by atoms with Gasteiger partial charge in [-0.25, -0.2) is 0 Å². The summed E-state index contributed by atoms with van der Waals surface area (Å²) in [6.07, 6.45) is -0.852. The topological polar surface area (TPSA) is 285 Å². The average molecular weight is 840 g/mol. The summed E-state index contributed by atoms with van der Waals surface area (Å²) in [4.78, 5) is 59.9. The highest BCUT2D eigenvalue weighted by molar-refractivity contribution is 7.51. The fraction of sp³-hybridized carbons (Fsp3) is 0.750. The number of aliphatic hydroxyl groups is 5. The van der Waals surface area contributed by atoms with Crippen molar-refractivity contribution in [2.75, 3.05) is 72.0 Å². The van der Waals surface area contributed by atoms with Crippen LogP contribution in [-0.4, -0.2) is 166 Å². The van der Waals surface area contributed by atoms with E-state index in [2.05, 4.69) is 15.5 Å². The van der Waals surface area contributed by atoms with Gasteiger partial charge in [-0.05, 0) is 44.7 Å². The second-order valence-electron chi connectivity index (χ2n) is 14.2. The number of carbonyl (C=O) groups excluding carboxylic acids is 3. The first-order valence-electron chi connectivity index (χ1n) is 19.1. The largest absolute Gasteiger partial charge is 0.496 e.